The van der Waals surface area contributed by atoms with E-state index >= 15 is 0 Å². The molecule has 5 N–H and O–H groups in total. The third kappa shape index (κ3) is 4.27. The van der Waals surface area contributed by atoms with Crippen molar-refractivity contribution in [3.05, 3.63) is 65.2 Å². The molecule has 0 heterocycles. The Morgan fingerprint density at radius 2 is 1.81 bits per heavy atom. The molecule has 2 amide bonds. The number of carbonyl (C=O) groups excluding carboxylic acids is 2. The summed E-state index contributed by atoms with van der Waals surface area (Å²) in [7, 11) is 0. The number of nitrogen functional groups attached to an aromatic ring is 1. The van der Waals surface area contributed by atoms with Gasteiger partial charge >= 0.3 is 0 Å². The lowest BCUT2D eigenvalue weighted by Gasteiger charge is -2.32. The summed E-state index contributed by atoms with van der Waals surface area (Å²) in [4.78, 5) is 25.8. The number of rotatable bonds is 6. The van der Waals surface area contributed by atoms with Gasteiger partial charge in [-0.15, -0.1) is 0 Å². The van der Waals surface area contributed by atoms with Gasteiger partial charge in [0.15, 0.2) is 0 Å². The number of hydrogen-bond acceptors (Lipinski definition) is 5. The van der Waals surface area contributed by atoms with Crippen LogP contribution in [0.25, 0.3) is 0 Å². The van der Waals surface area contributed by atoms with Crippen molar-refractivity contribution in [2.45, 2.75) is 38.0 Å². The van der Waals surface area contributed by atoms with E-state index in [1.54, 1.807) is 17.0 Å². The van der Waals surface area contributed by atoms with Crippen LogP contribution in [-0.4, -0.2) is 33.1 Å². The number of fused-ring (bicyclic) bond motifs is 1. The number of aliphatic hydroxyl groups excluding tert-OH is 1. The van der Waals surface area contributed by atoms with Crippen molar-refractivity contribution >= 4 is 17.5 Å². The van der Waals surface area contributed by atoms with Crippen molar-refractivity contribution in [3.63, 3.8) is 0 Å². The molecule has 1 aliphatic rings. The van der Waals surface area contributed by atoms with Crippen LogP contribution in [0.3, 0.4) is 0 Å². The Bertz CT molecular complexity index is 822. The quantitative estimate of drug-likeness (QED) is 0.350. The molecule has 0 spiro atoms. The van der Waals surface area contributed by atoms with Gasteiger partial charge in [-0.2, -0.15) is 0 Å². The van der Waals surface area contributed by atoms with Crippen LogP contribution in [0, 0.1) is 0 Å². The number of nitrogens with zero attached hydrogens (tertiary/aromatic N) is 1. The maximum atomic E-state index is 12.9. The summed E-state index contributed by atoms with van der Waals surface area (Å²) in [6, 6.07) is 14.4. The topological polar surface area (TPSA) is 116 Å². The first kappa shape index (κ1) is 18.9. The highest BCUT2D eigenvalue weighted by molar-refractivity contribution is 5.83. The SMILES string of the molecule is Nc1ccc(CN(C(=O)CCC(=O)NO)[C@H]2c3ccccc3C[C@H]2O)cc1. The summed E-state index contributed by atoms with van der Waals surface area (Å²) in [6.07, 6.45) is -0.430. The van der Waals surface area contributed by atoms with Crippen LogP contribution in [0.2, 0.25) is 0 Å². The smallest absolute Gasteiger partial charge is 0.243 e. The lowest BCUT2D eigenvalue weighted by Crippen LogP contribution is -2.39. The molecule has 7 nitrogen and oxygen atoms in total. The second kappa shape index (κ2) is 8.20. The van der Waals surface area contributed by atoms with E-state index in [1.165, 1.54) is 5.48 Å². The first-order chi connectivity index (χ1) is 13.0. The van der Waals surface area contributed by atoms with E-state index in [0.717, 1.165) is 16.7 Å². The van der Waals surface area contributed by atoms with E-state index in [0.29, 0.717) is 12.1 Å². The zero-order valence-electron chi connectivity index (χ0n) is 14.8. The van der Waals surface area contributed by atoms with E-state index in [-0.39, 0.29) is 25.3 Å². The number of aliphatic hydroxyl groups is 1. The number of amides is 2. The second-order valence-corrected chi connectivity index (χ2v) is 6.71. The van der Waals surface area contributed by atoms with Gasteiger partial charge in [-0.3, -0.25) is 14.8 Å². The van der Waals surface area contributed by atoms with Crippen LogP contribution in [0.4, 0.5) is 5.69 Å². The van der Waals surface area contributed by atoms with Gasteiger partial charge in [0.25, 0.3) is 0 Å². The fourth-order valence-corrected chi connectivity index (χ4v) is 3.51. The molecule has 2 aromatic carbocycles. The van der Waals surface area contributed by atoms with Crippen LogP contribution in [0.5, 0.6) is 0 Å². The Balaban J connectivity index is 1.88. The minimum Gasteiger partial charge on any atom is -0.399 e. The molecule has 0 bridgehead atoms. The molecular formula is C20H23N3O4. The second-order valence-electron chi connectivity index (χ2n) is 6.71. The maximum Gasteiger partial charge on any atom is 0.243 e. The summed E-state index contributed by atoms with van der Waals surface area (Å²) >= 11 is 0. The molecule has 0 radical (unpaired) electrons. The van der Waals surface area contributed by atoms with E-state index in [4.69, 9.17) is 10.9 Å². The van der Waals surface area contributed by atoms with E-state index in [9.17, 15) is 14.7 Å². The van der Waals surface area contributed by atoms with Gasteiger partial charge in [0.1, 0.15) is 0 Å². The van der Waals surface area contributed by atoms with E-state index in [1.807, 2.05) is 36.4 Å². The molecule has 0 saturated carbocycles. The van der Waals surface area contributed by atoms with Crippen LogP contribution in [0.1, 0.15) is 35.6 Å². The van der Waals surface area contributed by atoms with Crippen molar-refractivity contribution < 1.29 is 19.9 Å². The first-order valence-electron chi connectivity index (χ1n) is 8.82. The van der Waals surface area contributed by atoms with Gasteiger partial charge in [0.05, 0.1) is 12.1 Å². The van der Waals surface area contributed by atoms with Crippen molar-refractivity contribution in [2.75, 3.05) is 5.73 Å². The Hall–Kier alpha value is -2.90. The van der Waals surface area contributed by atoms with Gasteiger partial charge in [0.2, 0.25) is 11.8 Å². The fourth-order valence-electron chi connectivity index (χ4n) is 3.51. The highest BCUT2D eigenvalue weighted by Gasteiger charge is 2.37. The van der Waals surface area contributed by atoms with Crippen LogP contribution in [-0.2, 0) is 22.6 Å². The molecule has 0 fully saturated rings. The molecule has 0 unspecified atom stereocenters. The minimum atomic E-state index is -0.716. The highest BCUT2D eigenvalue weighted by Crippen LogP contribution is 2.37. The number of nitrogens with one attached hydrogen (secondary N) is 1. The highest BCUT2D eigenvalue weighted by atomic mass is 16.5. The zero-order chi connectivity index (χ0) is 19.4. The van der Waals surface area contributed by atoms with Crippen molar-refractivity contribution in [1.29, 1.82) is 0 Å². The predicted octanol–water partition coefficient (Wildman–Crippen LogP) is 1.54. The summed E-state index contributed by atoms with van der Waals surface area (Å²) in [5.74, 6) is -0.890. The Kier molecular flexibility index (Phi) is 5.73. The fraction of sp³-hybridized carbons (Fsp3) is 0.300. The van der Waals surface area contributed by atoms with Crippen LogP contribution < -0.4 is 11.2 Å². The average molecular weight is 369 g/mol. The van der Waals surface area contributed by atoms with Gasteiger partial charge in [-0.05, 0) is 28.8 Å². The number of hydrogen-bond donors (Lipinski definition) is 4. The summed E-state index contributed by atoms with van der Waals surface area (Å²) in [6.45, 7) is 0.288. The van der Waals surface area contributed by atoms with Gasteiger partial charge < -0.3 is 15.7 Å². The van der Waals surface area contributed by atoms with E-state index < -0.39 is 18.1 Å². The average Bonchev–Trinajstić information content (AvgIpc) is 3.01. The lowest BCUT2D eigenvalue weighted by atomic mass is 10.0. The molecule has 27 heavy (non-hydrogen) atoms. The van der Waals surface area contributed by atoms with Crippen LogP contribution >= 0.6 is 0 Å². The van der Waals surface area contributed by atoms with Gasteiger partial charge in [-0.25, -0.2) is 5.48 Å². The molecule has 7 heteroatoms. The maximum absolute atomic E-state index is 12.9. The molecule has 142 valence electrons. The van der Waals surface area contributed by atoms with Gasteiger partial charge in [-0.1, -0.05) is 36.4 Å². The molecule has 0 aliphatic heterocycles. The Labute approximate surface area is 157 Å². The summed E-state index contributed by atoms with van der Waals surface area (Å²) in [5, 5.41) is 19.3. The molecule has 2 aromatic rings. The number of nitrogens with two attached hydrogens (primary N) is 1. The molecule has 3 rings (SSSR count). The van der Waals surface area contributed by atoms with Crippen molar-refractivity contribution in [1.82, 2.24) is 10.4 Å². The summed E-state index contributed by atoms with van der Waals surface area (Å²) in [5.41, 5.74) is 10.7. The largest absolute Gasteiger partial charge is 0.399 e. The monoisotopic (exact) mass is 369 g/mol. The van der Waals surface area contributed by atoms with Gasteiger partial charge in [0, 0.05) is 31.5 Å². The summed E-state index contributed by atoms with van der Waals surface area (Å²) < 4.78 is 0. The molecule has 2 atom stereocenters. The standard InChI is InChI=1S/C20H23N3O4/c21-15-7-5-13(6-8-15)12-23(19(26)10-9-18(25)22-27)20-16-4-2-1-3-14(16)11-17(20)24/h1-8,17,20,24,27H,9-12,21H2,(H,22,25)/t17-,20+/m1/s1. The first-order valence-corrected chi connectivity index (χ1v) is 8.82. The minimum absolute atomic E-state index is 0.0627. The Morgan fingerprint density at radius 3 is 2.52 bits per heavy atom. The number of hydroxylamine groups is 1. The normalized spacial score (nSPS) is 18.0. The Morgan fingerprint density at radius 1 is 1.11 bits per heavy atom. The lowest BCUT2D eigenvalue weighted by molar-refractivity contribution is -0.140. The number of benzene rings is 2. The molecular weight excluding hydrogens is 346 g/mol. The third-order valence-corrected chi connectivity index (χ3v) is 4.85. The van der Waals surface area contributed by atoms with Crippen molar-refractivity contribution in [3.8, 4) is 0 Å². The zero-order valence-corrected chi connectivity index (χ0v) is 14.8. The van der Waals surface area contributed by atoms with Crippen molar-refractivity contribution in [2.24, 2.45) is 0 Å². The number of anilines is 1. The molecule has 0 saturated heterocycles. The third-order valence-electron chi connectivity index (χ3n) is 4.85. The van der Waals surface area contributed by atoms with Crippen LogP contribution in [0.15, 0.2) is 48.5 Å². The molecule has 0 aromatic heterocycles. The number of carbonyl (C=O) groups is 2. The van der Waals surface area contributed by atoms with E-state index in [2.05, 4.69) is 0 Å². The predicted molar refractivity (Wildman–Crippen MR) is 99.5 cm³/mol. The molecule has 1 aliphatic carbocycles.